The van der Waals surface area contributed by atoms with Crippen molar-refractivity contribution < 1.29 is 9.18 Å². The van der Waals surface area contributed by atoms with Crippen molar-refractivity contribution in [3.63, 3.8) is 0 Å². The number of hydrogen-bond acceptors (Lipinski definition) is 6. The number of thioether (sulfide) groups is 1. The van der Waals surface area contributed by atoms with Gasteiger partial charge in [0.05, 0.1) is 16.9 Å². The number of benzene rings is 2. The van der Waals surface area contributed by atoms with E-state index in [1.165, 1.54) is 36.1 Å². The Morgan fingerprint density at radius 3 is 2.66 bits per heavy atom. The summed E-state index contributed by atoms with van der Waals surface area (Å²) in [7, 11) is 0. The maximum Gasteiger partial charge on any atom is 0.230 e. The highest BCUT2D eigenvalue weighted by atomic mass is 32.2. The quantitative estimate of drug-likeness (QED) is 0.247. The third-order valence-electron chi connectivity index (χ3n) is 4.55. The summed E-state index contributed by atoms with van der Waals surface area (Å²) in [5, 5.41) is 11.6. The van der Waals surface area contributed by atoms with Crippen LogP contribution < -0.4 is 4.90 Å². The highest BCUT2D eigenvalue weighted by Crippen LogP contribution is 2.32. The summed E-state index contributed by atoms with van der Waals surface area (Å²) in [5.41, 5.74) is 1.98. The van der Waals surface area contributed by atoms with Gasteiger partial charge in [-0.2, -0.15) is 0 Å². The van der Waals surface area contributed by atoms with Crippen LogP contribution in [0.4, 0.5) is 15.2 Å². The van der Waals surface area contributed by atoms with E-state index < -0.39 is 0 Å². The van der Waals surface area contributed by atoms with Crippen LogP contribution >= 0.6 is 23.1 Å². The largest absolute Gasteiger partial charge is 0.298 e. The second-order valence-corrected chi connectivity index (χ2v) is 8.56. The summed E-state index contributed by atoms with van der Waals surface area (Å²) in [6.07, 6.45) is 1.73. The van der Waals surface area contributed by atoms with Gasteiger partial charge in [0.25, 0.3) is 0 Å². The number of para-hydroxylation sites is 1. The van der Waals surface area contributed by atoms with Crippen LogP contribution in [0, 0.1) is 5.82 Å². The summed E-state index contributed by atoms with van der Waals surface area (Å²) in [6.45, 7) is 5.76. The first kappa shape index (κ1) is 21.9. The third kappa shape index (κ3) is 4.63. The number of rotatable bonds is 8. The standard InChI is InChI=1S/C23H20FN5OS2/c1-3-13-28-21(19-11-7-8-12-20(19)24)26-27-23(28)32-15-17-14-31-22(25-17)29(16(2)30)18-9-5-4-6-10-18/h3-12,14H,1,13,15H2,2H3. The van der Waals surface area contributed by atoms with Crippen LogP contribution in [0.2, 0.25) is 0 Å². The number of hydrogen-bond donors (Lipinski definition) is 0. The average molecular weight is 466 g/mol. The molecule has 6 nitrogen and oxygen atoms in total. The minimum atomic E-state index is -0.351. The molecule has 0 aliphatic carbocycles. The van der Waals surface area contributed by atoms with E-state index in [1.807, 2.05) is 40.3 Å². The molecule has 2 aromatic carbocycles. The molecule has 4 rings (SSSR count). The molecule has 0 bridgehead atoms. The summed E-state index contributed by atoms with van der Waals surface area (Å²) >= 11 is 2.86. The fourth-order valence-corrected chi connectivity index (χ4v) is 4.97. The zero-order valence-corrected chi connectivity index (χ0v) is 18.9. The Labute approximate surface area is 193 Å². The van der Waals surface area contributed by atoms with E-state index in [0.29, 0.717) is 34.0 Å². The number of amides is 1. The van der Waals surface area contributed by atoms with E-state index in [1.54, 1.807) is 29.2 Å². The molecule has 0 atom stereocenters. The van der Waals surface area contributed by atoms with Crippen LogP contribution in [0.15, 0.2) is 77.8 Å². The van der Waals surface area contributed by atoms with Crippen molar-refractivity contribution in [3.8, 4) is 11.4 Å². The lowest BCUT2D eigenvalue weighted by Crippen LogP contribution is -2.22. The highest BCUT2D eigenvalue weighted by Gasteiger charge is 2.19. The molecule has 0 radical (unpaired) electrons. The first-order chi connectivity index (χ1) is 15.6. The molecule has 0 saturated carbocycles. The second kappa shape index (κ2) is 9.88. The van der Waals surface area contributed by atoms with Crippen molar-refractivity contribution in [1.82, 2.24) is 19.7 Å². The van der Waals surface area contributed by atoms with E-state index in [4.69, 9.17) is 0 Å². The molecular weight excluding hydrogens is 445 g/mol. The number of allylic oxidation sites excluding steroid dienone is 1. The lowest BCUT2D eigenvalue weighted by atomic mass is 10.2. The first-order valence-corrected chi connectivity index (χ1v) is 11.7. The summed E-state index contributed by atoms with van der Waals surface area (Å²) in [5.74, 6) is 0.529. The van der Waals surface area contributed by atoms with Crippen molar-refractivity contribution in [3.05, 3.63) is 84.1 Å². The number of carbonyl (C=O) groups is 1. The zero-order valence-electron chi connectivity index (χ0n) is 17.3. The second-order valence-electron chi connectivity index (χ2n) is 6.79. The summed E-state index contributed by atoms with van der Waals surface area (Å²) < 4.78 is 16.1. The molecular formula is C23H20FN5OS2. The molecule has 0 spiro atoms. The van der Waals surface area contributed by atoms with Crippen molar-refractivity contribution in [2.45, 2.75) is 24.4 Å². The van der Waals surface area contributed by atoms with Gasteiger partial charge in [-0.3, -0.25) is 14.3 Å². The molecule has 0 aliphatic rings. The van der Waals surface area contributed by atoms with E-state index in [9.17, 15) is 9.18 Å². The van der Waals surface area contributed by atoms with Crippen molar-refractivity contribution in [2.24, 2.45) is 0 Å². The SMILES string of the molecule is C=CCn1c(SCc2csc(N(C(C)=O)c3ccccc3)n2)nnc1-c1ccccc1F. The molecule has 0 unspecified atom stereocenters. The molecule has 0 fully saturated rings. The molecule has 0 aliphatic heterocycles. The summed E-state index contributed by atoms with van der Waals surface area (Å²) in [4.78, 5) is 18.5. The molecule has 162 valence electrons. The molecule has 32 heavy (non-hydrogen) atoms. The van der Waals surface area contributed by atoms with Gasteiger partial charge in [-0.15, -0.1) is 28.1 Å². The zero-order chi connectivity index (χ0) is 22.5. The van der Waals surface area contributed by atoms with Gasteiger partial charge < -0.3 is 0 Å². The average Bonchev–Trinajstić information content (AvgIpc) is 3.41. The Kier molecular flexibility index (Phi) is 6.77. The number of thiazole rings is 1. The molecule has 0 saturated heterocycles. The van der Waals surface area contributed by atoms with Crippen LogP contribution in [0.1, 0.15) is 12.6 Å². The molecule has 0 N–H and O–H groups in total. The van der Waals surface area contributed by atoms with Gasteiger partial charge in [0.1, 0.15) is 5.82 Å². The predicted molar refractivity (Wildman–Crippen MR) is 127 cm³/mol. The van der Waals surface area contributed by atoms with Crippen molar-refractivity contribution in [2.75, 3.05) is 4.90 Å². The van der Waals surface area contributed by atoms with Crippen molar-refractivity contribution in [1.29, 1.82) is 0 Å². The Morgan fingerprint density at radius 1 is 1.19 bits per heavy atom. The van der Waals surface area contributed by atoms with Gasteiger partial charge in [-0.25, -0.2) is 9.37 Å². The molecule has 4 aromatic rings. The lowest BCUT2D eigenvalue weighted by Gasteiger charge is -2.17. The topological polar surface area (TPSA) is 63.9 Å². The highest BCUT2D eigenvalue weighted by molar-refractivity contribution is 7.98. The Hall–Kier alpha value is -3.30. The van der Waals surface area contributed by atoms with Gasteiger partial charge in [0.15, 0.2) is 16.1 Å². The van der Waals surface area contributed by atoms with Crippen LogP contribution in [0.25, 0.3) is 11.4 Å². The van der Waals surface area contributed by atoms with Crippen molar-refractivity contribution >= 4 is 39.8 Å². The van der Waals surface area contributed by atoms with Gasteiger partial charge in [0, 0.05) is 24.6 Å². The fourth-order valence-electron chi connectivity index (χ4n) is 3.14. The fraction of sp³-hybridized carbons (Fsp3) is 0.130. The van der Waals surface area contributed by atoms with Crippen LogP contribution in [-0.4, -0.2) is 25.7 Å². The Balaban J connectivity index is 1.55. The number of aromatic nitrogens is 4. The van der Waals surface area contributed by atoms with Gasteiger partial charge in [-0.05, 0) is 24.3 Å². The predicted octanol–water partition coefficient (Wildman–Crippen LogP) is 5.70. The summed E-state index contributed by atoms with van der Waals surface area (Å²) in [6, 6.07) is 15.9. The van der Waals surface area contributed by atoms with E-state index in [-0.39, 0.29) is 11.7 Å². The van der Waals surface area contributed by atoms with E-state index >= 15 is 0 Å². The molecule has 2 heterocycles. The molecule has 1 amide bonds. The number of halogens is 1. The number of carbonyl (C=O) groups excluding carboxylic acids is 1. The van der Waals surface area contributed by atoms with Gasteiger partial charge in [-0.1, -0.05) is 48.2 Å². The number of anilines is 2. The molecule has 9 heteroatoms. The minimum absolute atomic E-state index is 0.106. The van der Waals surface area contributed by atoms with Crippen LogP contribution in [0.3, 0.4) is 0 Å². The molecule has 2 aromatic heterocycles. The Bertz CT molecular complexity index is 1240. The minimum Gasteiger partial charge on any atom is -0.298 e. The van der Waals surface area contributed by atoms with Gasteiger partial charge >= 0.3 is 0 Å². The maximum absolute atomic E-state index is 14.3. The van der Waals surface area contributed by atoms with Crippen LogP contribution in [-0.2, 0) is 17.1 Å². The van der Waals surface area contributed by atoms with E-state index in [2.05, 4.69) is 21.8 Å². The normalized spacial score (nSPS) is 10.8. The number of nitrogens with zero attached hydrogens (tertiary/aromatic N) is 5. The first-order valence-electron chi connectivity index (χ1n) is 9.80. The monoisotopic (exact) mass is 465 g/mol. The smallest absolute Gasteiger partial charge is 0.230 e. The maximum atomic E-state index is 14.3. The van der Waals surface area contributed by atoms with Gasteiger partial charge in [0.2, 0.25) is 5.91 Å². The van der Waals surface area contributed by atoms with Crippen LogP contribution in [0.5, 0.6) is 0 Å². The lowest BCUT2D eigenvalue weighted by molar-refractivity contribution is -0.115. The Morgan fingerprint density at radius 2 is 1.94 bits per heavy atom. The third-order valence-corrected chi connectivity index (χ3v) is 6.43. The van der Waals surface area contributed by atoms with E-state index in [0.717, 1.165) is 11.4 Å².